The van der Waals surface area contributed by atoms with Crippen molar-refractivity contribution in [3.63, 3.8) is 0 Å². The van der Waals surface area contributed by atoms with E-state index in [1.807, 2.05) is 0 Å². The number of fused-ring (bicyclic) bond motifs is 12. The molecule has 4 aliphatic carbocycles. The lowest BCUT2D eigenvalue weighted by atomic mass is 9.91. The van der Waals surface area contributed by atoms with Crippen LogP contribution in [0.4, 0.5) is 0 Å². The van der Waals surface area contributed by atoms with Gasteiger partial charge < -0.3 is 0 Å². The summed E-state index contributed by atoms with van der Waals surface area (Å²) in [6.07, 6.45) is 8.64. The van der Waals surface area contributed by atoms with Gasteiger partial charge in [-0.3, -0.25) is 0 Å². The number of benzene rings is 12. The van der Waals surface area contributed by atoms with E-state index in [0.29, 0.717) is 0 Å². The number of hydrogen-bond donors (Lipinski definition) is 0. The van der Waals surface area contributed by atoms with Gasteiger partial charge in [-0.1, -0.05) is 170 Å². The fourth-order valence-electron chi connectivity index (χ4n) is 17.0. The Morgan fingerprint density at radius 2 is 0.540 bits per heavy atom. The Labute approximate surface area is 587 Å². The molecule has 0 saturated carbocycles. The molecule has 0 saturated heterocycles. The molecule has 0 N–H and O–H groups in total. The van der Waals surface area contributed by atoms with Crippen LogP contribution in [0.1, 0.15) is 44.5 Å². The highest BCUT2D eigenvalue weighted by atomic mass is 14.9. The van der Waals surface area contributed by atoms with Crippen molar-refractivity contribution in [3.05, 3.63) is 312 Å². The Bertz CT molecular complexity index is 6090. The number of aryl methyl sites for hydroxylation is 10. The van der Waals surface area contributed by atoms with Gasteiger partial charge in [0.05, 0.1) is 5.56 Å². The van der Waals surface area contributed by atoms with Crippen LogP contribution in [0, 0.1) is 55.4 Å². The molecule has 4 heteroatoms. The van der Waals surface area contributed by atoms with E-state index in [-0.39, 0.29) is 0 Å². The Kier molecular flexibility index (Phi) is 14.9. The Balaban J connectivity index is 0.0000000997. The van der Waals surface area contributed by atoms with Crippen LogP contribution in [-0.2, 0) is 28.2 Å². The van der Waals surface area contributed by atoms with Gasteiger partial charge in [0.2, 0.25) is 22.8 Å². The largest absolute Gasteiger partial charge is 0.213 e. The number of pyridine rings is 4. The van der Waals surface area contributed by atoms with Crippen molar-refractivity contribution >= 4 is 43.1 Å². The molecule has 0 aliphatic heterocycles. The molecule has 0 unspecified atom stereocenters. The molecule has 480 valence electrons. The van der Waals surface area contributed by atoms with Crippen LogP contribution in [-0.4, -0.2) is 0 Å². The predicted molar refractivity (Wildman–Crippen MR) is 418 cm³/mol. The first kappa shape index (κ1) is 61.8. The zero-order valence-corrected chi connectivity index (χ0v) is 59.2. The van der Waals surface area contributed by atoms with Gasteiger partial charge in [-0.2, -0.15) is 0 Å². The van der Waals surface area contributed by atoms with Gasteiger partial charge in [-0.05, 0) is 251 Å². The second-order valence-corrected chi connectivity index (χ2v) is 28.4. The van der Waals surface area contributed by atoms with Crippen LogP contribution in [0.25, 0.3) is 177 Å². The summed E-state index contributed by atoms with van der Waals surface area (Å²) in [5, 5.41) is 10.9. The van der Waals surface area contributed by atoms with E-state index < -0.39 is 0 Å². The van der Waals surface area contributed by atoms with Crippen molar-refractivity contribution in [2.45, 2.75) is 55.4 Å². The normalized spacial score (nSPS) is 11.8. The van der Waals surface area contributed by atoms with Crippen molar-refractivity contribution in [2.24, 2.45) is 28.2 Å². The van der Waals surface area contributed by atoms with E-state index in [0.717, 1.165) is 0 Å². The van der Waals surface area contributed by atoms with Crippen molar-refractivity contribution in [2.75, 3.05) is 0 Å². The first-order valence-corrected chi connectivity index (χ1v) is 35.1. The summed E-state index contributed by atoms with van der Waals surface area (Å²) in [4.78, 5) is 0. The quantitative estimate of drug-likeness (QED) is 0.156. The zero-order chi connectivity index (χ0) is 68.5. The second-order valence-electron chi connectivity index (χ2n) is 28.4. The SMILES string of the molecule is Cc1cc[n+](C)c(-c2c(C)ccc3c2-c2cccc4cccc-3c24)c1.Cc1cc[n+](C)c(-c2cc3c(cc2C)-c2cccc4cccc-3c24)c1.Cc1cc[n+](C)c(-c2ccc3c(c2C)-c2cccc4cccc-3c24)c1.Cc1ccc(-c2ccc3c(c2C)-c2cccc4cccc-3c24)[n+](C)c1. The molecule has 4 nitrogen and oxygen atoms in total. The van der Waals surface area contributed by atoms with Gasteiger partial charge in [0, 0.05) is 70.3 Å². The summed E-state index contributed by atoms with van der Waals surface area (Å²) in [6, 6.07) is 89.4. The molecule has 100 heavy (non-hydrogen) atoms. The standard InChI is InChI=1S/4C24H20N/c1-15-10-13-22(25(3)14-15)18-11-12-20-19-8-4-6-17-7-5-9-21(24(17)19)23(20)16(18)2;1-15-10-11-25(3)23(12-15)20-14-22-19-9-5-7-17-6-4-8-18(24(17)19)21(22)13-16(20)2;1-15-12-13-25(3)22(14-15)18-10-11-20-19-8-4-6-17-7-5-9-21(24(17)19)23(20)16(18)2;1-15-12-13-25(3)21(14-15)22-16(2)10-11-19-18-8-4-6-17-7-5-9-20(23(17)18)24(19)22/h4*4-14H,1-3H3/q4*+1. The smallest absolute Gasteiger partial charge is 0.201 e. The van der Waals surface area contributed by atoms with Crippen molar-refractivity contribution in [1.82, 2.24) is 0 Å². The Morgan fingerprint density at radius 1 is 0.200 bits per heavy atom. The van der Waals surface area contributed by atoms with E-state index in [4.69, 9.17) is 0 Å². The number of hydrogen-bond acceptors (Lipinski definition) is 0. The average Bonchev–Trinajstić information content (AvgIpc) is 1.59. The maximum atomic E-state index is 2.38. The lowest BCUT2D eigenvalue weighted by Crippen LogP contribution is -2.31. The van der Waals surface area contributed by atoms with E-state index >= 15 is 0 Å². The summed E-state index contributed by atoms with van der Waals surface area (Å²) in [5.74, 6) is 0. The predicted octanol–water partition coefficient (Wildman–Crippen LogP) is 22.4. The van der Waals surface area contributed by atoms with Crippen LogP contribution >= 0.6 is 0 Å². The minimum atomic E-state index is 1.26. The Hall–Kier alpha value is -11.7. The Morgan fingerprint density at radius 3 is 0.990 bits per heavy atom. The second kappa shape index (κ2) is 24.1. The molecule has 4 aliphatic rings. The van der Waals surface area contributed by atoms with Crippen molar-refractivity contribution in [3.8, 4) is 134 Å². The van der Waals surface area contributed by atoms with E-state index in [9.17, 15) is 0 Å². The fraction of sp³-hybridized carbons (Fsp3) is 0.125. The van der Waals surface area contributed by atoms with Crippen molar-refractivity contribution in [1.29, 1.82) is 0 Å². The average molecular weight is 1290 g/mol. The van der Waals surface area contributed by atoms with Crippen LogP contribution in [0.5, 0.6) is 0 Å². The summed E-state index contributed by atoms with van der Waals surface area (Å²) < 4.78 is 8.89. The van der Waals surface area contributed by atoms with Crippen LogP contribution in [0.15, 0.2) is 267 Å². The number of rotatable bonds is 4. The summed E-state index contributed by atoms with van der Waals surface area (Å²) in [5.41, 5.74) is 42.8. The van der Waals surface area contributed by atoms with E-state index in [1.165, 1.54) is 222 Å². The topological polar surface area (TPSA) is 15.5 Å². The lowest BCUT2D eigenvalue weighted by Gasteiger charge is -2.12. The first-order valence-electron chi connectivity index (χ1n) is 35.1. The summed E-state index contributed by atoms with van der Waals surface area (Å²) >= 11 is 0. The number of aromatic nitrogens is 4. The molecule has 20 rings (SSSR count). The molecule has 0 amide bonds. The molecule has 0 atom stereocenters. The molecule has 0 fully saturated rings. The molecule has 0 spiro atoms. The summed E-state index contributed by atoms with van der Waals surface area (Å²) in [7, 11) is 8.51. The monoisotopic (exact) mass is 1290 g/mol. The third-order valence-electron chi connectivity index (χ3n) is 21.9. The maximum Gasteiger partial charge on any atom is 0.213 e. The maximum absolute atomic E-state index is 2.38. The molecule has 16 aromatic rings. The van der Waals surface area contributed by atoms with Crippen LogP contribution < -0.4 is 18.3 Å². The lowest BCUT2D eigenvalue weighted by molar-refractivity contribution is -0.660. The molecular weight excluding hydrogens is 1210 g/mol. The molecule has 0 radical (unpaired) electrons. The van der Waals surface area contributed by atoms with Gasteiger partial charge >= 0.3 is 0 Å². The molecule has 0 bridgehead atoms. The molecule has 4 heterocycles. The molecule has 12 aromatic carbocycles. The third kappa shape index (κ3) is 9.94. The van der Waals surface area contributed by atoms with Crippen molar-refractivity contribution < 1.29 is 18.3 Å². The van der Waals surface area contributed by atoms with Gasteiger partial charge in [0.1, 0.15) is 28.2 Å². The van der Waals surface area contributed by atoms with Gasteiger partial charge in [0.25, 0.3) is 0 Å². The minimum Gasteiger partial charge on any atom is -0.201 e. The third-order valence-corrected chi connectivity index (χ3v) is 21.9. The van der Waals surface area contributed by atoms with E-state index in [2.05, 4.69) is 369 Å². The zero-order valence-electron chi connectivity index (χ0n) is 59.2. The van der Waals surface area contributed by atoms with Gasteiger partial charge in [-0.25, -0.2) is 18.3 Å². The molecule has 4 aromatic heterocycles. The van der Waals surface area contributed by atoms with Crippen LogP contribution in [0.2, 0.25) is 0 Å². The number of nitrogens with zero attached hydrogens (tertiary/aromatic N) is 4. The first-order chi connectivity index (χ1) is 48.6. The molecular formula is C96H80N4+4. The minimum absolute atomic E-state index is 1.26. The van der Waals surface area contributed by atoms with Gasteiger partial charge in [-0.15, -0.1) is 0 Å². The highest BCUT2D eigenvalue weighted by Gasteiger charge is 2.31. The highest BCUT2D eigenvalue weighted by molar-refractivity contribution is 6.20. The summed E-state index contributed by atoms with van der Waals surface area (Å²) in [6.45, 7) is 17.6. The van der Waals surface area contributed by atoms with Gasteiger partial charge in [0.15, 0.2) is 24.8 Å². The van der Waals surface area contributed by atoms with Crippen LogP contribution in [0.3, 0.4) is 0 Å². The van der Waals surface area contributed by atoms with E-state index in [1.54, 1.807) is 0 Å². The highest BCUT2D eigenvalue weighted by Crippen LogP contribution is 2.55. The fourth-order valence-corrected chi connectivity index (χ4v) is 17.0.